The number of carbonyl (C=O) groups excluding carboxylic acids is 1. The minimum Gasteiger partial charge on any atom is -0.483 e. The van der Waals surface area contributed by atoms with E-state index in [1.807, 2.05) is 0 Å². The normalized spacial score (nSPS) is 13.1. The van der Waals surface area contributed by atoms with Crippen molar-refractivity contribution >= 4 is 16.8 Å². The van der Waals surface area contributed by atoms with E-state index >= 15 is 0 Å². The molecule has 1 amide bonds. The number of alkyl halides is 6. The van der Waals surface area contributed by atoms with Crippen LogP contribution in [0, 0.1) is 0 Å². The van der Waals surface area contributed by atoms with Crippen LogP contribution < -0.4 is 14.8 Å². The fraction of sp³-hybridized carbons (Fsp3) is 0.263. The molecule has 0 saturated heterocycles. The molecule has 1 atom stereocenters. The molecule has 2 heterocycles. The third-order valence-electron chi connectivity index (χ3n) is 4.02. The molecule has 2 N–H and O–H groups in total. The lowest BCUT2D eigenvalue weighted by molar-refractivity contribution is -0.274. The van der Waals surface area contributed by atoms with Crippen molar-refractivity contribution in [3.63, 3.8) is 0 Å². The van der Waals surface area contributed by atoms with E-state index in [2.05, 4.69) is 24.8 Å². The number of aromatic amines is 1. The molecule has 0 radical (unpaired) electrons. The Morgan fingerprint density at radius 1 is 1.10 bits per heavy atom. The van der Waals surface area contributed by atoms with Gasteiger partial charge in [-0.3, -0.25) is 9.78 Å². The number of pyridine rings is 1. The topological polar surface area (TPSA) is 76.2 Å². The average molecular weight is 447 g/mol. The maximum Gasteiger partial charge on any atom is 0.573 e. The van der Waals surface area contributed by atoms with E-state index in [0.717, 1.165) is 18.3 Å². The summed E-state index contributed by atoms with van der Waals surface area (Å²) in [4.78, 5) is 19.2. The van der Waals surface area contributed by atoms with Gasteiger partial charge in [0.1, 0.15) is 17.2 Å². The zero-order valence-electron chi connectivity index (χ0n) is 15.8. The predicted molar refractivity (Wildman–Crippen MR) is 96.6 cm³/mol. The maximum atomic E-state index is 12.5. The molecule has 2 aromatic heterocycles. The second kappa shape index (κ2) is 8.36. The Morgan fingerprint density at radius 2 is 1.81 bits per heavy atom. The molecule has 0 unspecified atom stereocenters. The summed E-state index contributed by atoms with van der Waals surface area (Å²) in [5.41, 5.74) is 0.887. The number of halogens is 6. The predicted octanol–water partition coefficient (Wildman–Crippen LogP) is 4.89. The van der Waals surface area contributed by atoms with Crippen LogP contribution in [0.3, 0.4) is 0 Å². The smallest absolute Gasteiger partial charge is 0.483 e. The minimum atomic E-state index is -4.83. The fourth-order valence-corrected chi connectivity index (χ4v) is 2.68. The lowest BCUT2D eigenvalue weighted by Gasteiger charge is -2.14. The van der Waals surface area contributed by atoms with Crippen LogP contribution >= 0.6 is 0 Å². The first-order valence-electron chi connectivity index (χ1n) is 8.74. The van der Waals surface area contributed by atoms with Gasteiger partial charge in [0.15, 0.2) is 6.61 Å². The second-order valence-corrected chi connectivity index (χ2v) is 6.50. The first-order chi connectivity index (χ1) is 14.4. The Morgan fingerprint density at radius 3 is 2.42 bits per heavy atom. The lowest BCUT2D eigenvalue weighted by Crippen LogP contribution is -2.27. The molecule has 0 spiro atoms. The van der Waals surface area contributed by atoms with Gasteiger partial charge in [0.25, 0.3) is 5.91 Å². The second-order valence-electron chi connectivity index (χ2n) is 6.50. The summed E-state index contributed by atoms with van der Waals surface area (Å²) < 4.78 is 82.0. The van der Waals surface area contributed by atoms with E-state index in [4.69, 9.17) is 0 Å². The zero-order chi connectivity index (χ0) is 22.8. The molecule has 0 aliphatic rings. The highest BCUT2D eigenvalue weighted by Crippen LogP contribution is 2.27. The molecular weight excluding hydrogens is 432 g/mol. The van der Waals surface area contributed by atoms with Crippen LogP contribution in [0.5, 0.6) is 11.5 Å². The summed E-state index contributed by atoms with van der Waals surface area (Å²) in [6.45, 7) is 0.158. The quantitative estimate of drug-likeness (QED) is 0.528. The van der Waals surface area contributed by atoms with Gasteiger partial charge in [-0.05, 0) is 43.3 Å². The molecule has 0 aliphatic heterocycles. The van der Waals surface area contributed by atoms with Gasteiger partial charge in [0, 0.05) is 10.9 Å². The van der Waals surface area contributed by atoms with Crippen LogP contribution in [0.2, 0.25) is 0 Å². The fourth-order valence-electron chi connectivity index (χ4n) is 2.68. The van der Waals surface area contributed by atoms with Crippen LogP contribution in [0.25, 0.3) is 10.9 Å². The highest BCUT2D eigenvalue weighted by Gasteiger charge is 2.31. The molecule has 3 aromatic rings. The Hall–Kier alpha value is -3.44. The summed E-state index contributed by atoms with van der Waals surface area (Å²) in [6, 6.07) is 7.05. The van der Waals surface area contributed by atoms with Crippen LogP contribution in [-0.4, -0.2) is 35.0 Å². The molecular formula is C19H15F6N3O3. The van der Waals surface area contributed by atoms with E-state index in [-0.39, 0.29) is 11.4 Å². The van der Waals surface area contributed by atoms with Gasteiger partial charge >= 0.3 is 12.5 Å². The van der Waals surface area contributed by atoms with E-state index < -0.39 is 36.8 Å². The number of fused-ring (bicyclic) bond motifs is 1. The van der Waals surface area contributed by atoms with Gasteiger partial charge in [-0.25, -0.2) is 0 Å². The number of ether oxygens (including phenoxy) is 2. The third kappa shape index (κ3) is 6.27. The number of carbonyl (C=O) groups is 1. The number of nitrogens with zero attached hydrogens (tertiary/aromatic N) is 1. The number of aromatic nitrogens is 2. The zero-order valence-corrected chi connectivity index (χ0v) is 15.8. The van der Waals surface area contributed by atoms with Gasteiger partial charge in [-0.1, -0.05) is 0 Å². The SMILES string of the molecule is C[C@@H](NC(=O)c1cc2cc(OC(F)(F)F)ccc2[nH]1)c1ccc(OCC(F)(F)F)cn1. The van der Waals surface area contributed by atoms with Gasteiger partial charge < -0.3 is 19.8 Å². The van der Waals surface area contributed by atoms with Crippen molar-refractivity contribution in [3.8, 4) is 11.5 Å². The summed E-state index contributed by atoms with van der Waals surface area (Å²) in [5, 5.41) is 2.97. The summed E-state index contributed by atoms with van der Waals surface area (Å²) in [7, 11) is 0. The van der Waals surface area contributed by atoms with Crippen LogP contribution in [0.1, 0.15) is 29.1 Å². The Balaban J connectivity index is 1.65. The molecule has 0 aliphatic carbocycles. The van der Waals surface area contributed by atoms with Crippen molar-refractivity contribution in [1.82, 2.24) is 15.3 Å². The number of hydrogen-bond acceptors (Lipinski definition) is 4. The number of nitrogens with one attached hydrogen (secondary N) is 2. The van der Waals surface area contributed by atoms with Crippen LogP contribution in [0.15, 0.2) is 42.6 Å². The lowest BCUT2D eigenvalue weighted by atomic mass is 10.2. The van der Waals surface area contributed by atoms with Crippen molar-refractivity contribution in [1.29, 1.82) is 0 Å². The van der Waals surface area contributed by atoms with Crippen LogP contribution in [-0.2, 0) is 0 Å². The highest BCUT2D eigenvalue weighted by molar-refractivity contribution is 5.98. The van der Waals surface area contributed by atoms with E-state index in [9.17, 15) is 31.1 Å². The number of rotatable bonds is 6. The first-order valence-corrected chi connectivity index (χ1v) is 8.74. The monoisotopic (exact) mass is 447 g/mol. The molecule has 0 bridgehead atoms. The van der Waals surface area contributed by atoms with Crippen molar-refractivity contribution in [2.75, 3.05) is 6.61 Å². The molecule has 166 valence electrons. The number of benzene rings is 1. The van der Waals surface area contributed by atoms with Crippen LogP contribution in [0.4, 0.5) is 26.3 Å². The van der Waals surface area contributed by atoms with E-state index in [1.54, 1.807) is 6.92 Å². The largest absolute Gasteiger partial charge is 0.573 e. The van der Waals surface area contributed by atoms with E-state index in [1.165, 1.54) is 24.3 Å². The number of amides is 1. The Labute approximate surface area is 171 Å². The minimum absolute atomic E-state index is 0.0768. The molecule has 0 saturated carbocycles. The van der Waals surface area contributed by atoms with Gasteiger partial charge in [0.2, 0.25) is 0 Å². The molecule has 6 nitrogen and oxygen atoms in total. The standard InChI is InChI=1S/C19H15F6N3O3/c1-10(14-4-3-13(8-26-14)30-9-18(20,21)22)27-17(29)16-7-11-6-12(31-19(23,24)25)2-5-15(11)28-16/h2-8,10,28H,9H2,1H3,(H,27,29)/t10-/m1/s1. The number of H-pyrrole nitrogens is 1. The molecule has 3 rings (SSSR count). The van der Waals surface area contributed by atoms with Gasteiger partial charge in [-0.2, -0.15) is 13.2 Å². The Kier molecular flexibility index (Phi) is 6.00. The van der Waals surface area contributed by atoms with Crippen molar-refractivity contribution < 1.29 is 40.6 Å². The van der Waals surface area contributed by atoms with Crippen molar-refractivity contribution in [3.05, 3.63) is 54.0 Å². The third-order valence-corrected chi connectivity index (χ3v) is 4.02. The van der Waals surface area contributed by atoms with Crippen molar-refractivity contribution in [2.45, 2.75) is 25.5 Å². The number of hydrogen-bond donors (Lipinski definition) is 2. The average Bonchev–Trinajstić information content (AvgIpc) is 3.08. The maximum absolute atomic E-state index is 12.5. The molecule has 0 fully saturated rings. The van der Waals surface area contributed by atoms with Gasteiger partial charge in [-0.15, -0.1) is 13.2 Å². The van der Waals surface area contributed by atoms with Gasteiger partial charge in [0.05, 0.1) is 17.9 Å². The summed E-state index contributed by atoms with van der Waals surface area (Å²) in [6.07, 6.45) is -8.20. The summed E-state index contributed by atoms with van der Waals surface area (Å²) >= 11 is 0. The summed E-state index contributed by atoms with van der Waals surface area (Å²) in [5.74, 6) is -1.05. The molecule has 31 heavy (non-hydrogen) atoms. The first kappa shape index (κ1) is 22.2. The van der Waals surface area contributed by atoms with E-state index in [0.29, 0.717) is 16.6 Å². The van der Waals surface area contributed by atoms with Crippen molar-refractivity contribution in [2.24, 2.45) is 0 Å². The molecule has 1 aromatic carbocycles. The highest BCUT2D eigenvalue weighted by atomic mass is 19.4. The Bertz CT molecular complexity index is 1060. The molecule has 12 heteroatoms.